The minimum atomic E-state index is -0.583. The van der Waals surface area contributed by atoms with Gasteiger partial charge in [0.1, 0.15) is 6.04 Å². The molecule has 1 unspecified atom stereocenters. The van der Waals surface area contributed by atoms with E-state index >= 15 is 0 Å². The van der Waals surface area contributed by atoms with Crippen molar-refractivity contribution in [3.8, 4) is 0 Å². The topological polar surface area (TPSA) is 67.4 Å². The van der Waals surface area contributed by atoms with Crippen LogP contribution in [0.2, 0.25) is 0 Å². The Bertz CT molecular complexity index is 234. The summed E-state index contributed by atoms with van der Waals surface area (Å²) in [6.07, 6.45) is 0. The summed E-state index contributed by atoms with van der Waals surface area (Å²) in [5.41, 5.74) is 0. The second-order valence-corrected chi connectivity index (χ2v) is 4.06. The lowest BCUT2D eigenvalue weighted by molar-refractivity contribution is -0.144. The lowest BCUT2D eigenvalue weighted by Crippen LogP contribution is -2.48. The Kier molecular flexibility index (Phi) is 6.71. The summed E-state index contributed by atoms with van der Waals surface area (Å²) in [5, 5.41) is 5.60. The number of carbonyl (C=O) groups excluding carboxylic acids is 2. The third-order valence-corrected chi connectivity index (χ3v) is 2.89. The van der Waals surface area contributed by atoms with Gasteiger partial charge in [-0.15, -0.1) is 24.2 Å². The maximum atomic E-state index is 11.5. The molecular formula is C8H15ClN2O3S. The van der Waals surface area contributed by atoms with Crippen LogP contribution in [-0.2, 0) is 14.3 Å². The minimum Gasteiger partial charge on any atom is -0.467 e. The molecule has 2 atom stereocenters. The second-order valence-electron chi connectivity index (χ2n) is 3.03. The Morgan fingerprint density at radius 2 is 2.27 bits per heavy atom. The fourth-order valence-corrected chi connectivity index (χ4v) is 2.06. The van der Waals surface area contributed by atoms with Crippen LogP contribution in [0.3, 0.4) is 0 Å². The van der Waals surface area contributed by atoms with Gasteiger partial charge in [0.05, 0.1) is 13.2 Å². The maximum Gasteiger partial charge on any atom is 0.328 e. The van der Waals surface area contributed by atoms with E-state index in [1.807, 2.05) is 0 Å². The molecule has 5 nitrogen and oxygen atoms in total. The number of rotatable bonds is 3. The molecule has 88 valence electrons. The zero-order valence-electron chi connectivity index (χ0n) is 8.61. The number of esters is 1. The van der Waals surface area contributed by atoms with Crippen molar-refractivity contribution >= 4 is 36.0 Å². The highest BCUT2D eigenvalue weighted by molar-refractivity contribution is 7.99. The summed E-state index contributed by atoms with van der Waals surface area (Å²) in [4.78, 5) is 22.5. The summed E-state index contributed by atoms with van der Waals surface area (Å²) in [7, 11) is 1.30. The van der Waals surface area contributed by atoms with E-state index in [4.69, 9.17) is 0 Å². The number of hydrogen-bond donors (Lipinski definition) is 2. The smallest absolute Gasteiger partial charge is 0.328 e. The molecule has 1 amide bonds. The number of halogens is 1. The molecule has 7 heteroatoms. The van der Waals surface area contributed by atoms with Gasteiger partial charge in [0.25, 0.3) is 0 Å². The first kappa shape index (κ1) is 14.5. The second kappa shape index (κ2) is 6.92. The first-order valence-electron chi connectivity index (χ1n) is 4.34. The van der Waals surface area contributed by atoms with Crippen molar-refractivity contribution in [2.75, 3.05) is 18.7 Å². The molecule has 0 bridgehead atoms. The van der Waals surface area contributed by atoms with Crippen molar-refractivity contribution < 1.29 is 14.3 Å². The Labute approximate surface area is 99.1 Å². The van der Waals surface area contributed by atoms with Gasteiger partial charge in [0, 0.05) is 11.6 Å². The third kappa shape index (κ3) is 4.27. The minimum absolute atomic E-state index is 0. The maximum absolute atomic E-state index is 11.5. The van der Waals surface area contributed by atoms with Crippen molar-refractivity contribution in [3.63, 3.8) is 0 Å². The molecule has 1 heterocycles. The Morgan fingerprint density at radius 3 is 2.73 bits per heavy atom. The highest BCUT2D eigenvalue weighted by Crippen LogP contribution is 2.09. The van der Waals surface area contributed by atoms with Gasteiger partial charge in [-0.25, -0.2) is 4.79 Å². The number of methoxy groups -OCH3 is 1. The first-order chi connectivity index (χ1) is 6.65. The van der Waals surface area contributed by atoms with Gasteiger partial charge in [0.15, 0.2) is 0 Å². The third-order valence-electron chi connectivity index (χ3n) is 1.95. The molecule has 2 N–H and O–H groups in total. The molecule has 1 fully saturated rings. The zero-order valence-corrected chi connectivity index (χ0v) is 10.2. The Hall–Kier alpha value is -0.460. The number of carbonyl (C=O) groups is 2. The van der Waals surface area contributed by atoms with Crippen LogP contribution in [0.5, 0.6) is 0 Å². The summed E-state index contributed by atoms with van der Waals surface area (Å²) >= 11 is 1.66. The molecule has 0 aromatic rings. The van der Waals surface area contributed by atoms with Gasteiger partial charge in [-0.1, -0.05) is 0 Å². The molecule has 1 rings (SSSR count). The molecule has 1 aliphatic rings. The van der Waals surface area contributed by atoms with Crippen LogP contribution >= 0.6 is 24.2 Å². The van der Waals surface area contributed by atoms with E-state index in [9.17, 15) is 9.59 Å². The van der Waals surface area contributed by atoms with E-state index in [-0.39, 0.29) is 24.4 Å². The average molecular weight is 255 g/mol. The van der Waals surface area contributed by atoms with Crippen molar-refractivity contribution in [3.05, 3.63) is 0 Å². The van der Waals surface area contributed by atoms with Gasteiger partial charge < -0.3 is 10.1 Å². The van der Waals surface area contributed by atoms with Crippen molar-refractivity contribution in [1.29, 1.82) is 0 Å². The normalized spacial score (nSPS) is 21.3. The standard InChI is InChI=1S/C8H14N2O3S.ClH/c1-5(8(12)13-2)10-7(11)6-3-14-4-9-6;/h5-6,9H,3-4H2,1-2H3,(H,10,11);1H/t5-,6?;/m0./s1. The van der Waals surface area contributed by atoms with Crippen molar-refractivity contribution in [2.24, 2.45) is 0 Å². The molecule has 0 aliphatic carbocycles. The van der Waals surface area contributed by atoms with Gasteiger partial charge >= 0.3 is 5.97 Å². The quantitative estimate of drug-likeness (QED) is 0.680. The molecule has 0 aromatic carbocycles. The highest BCUT2D eigenvalue weighted by atomic mass is 35.5. The molecule has 1 aliphatic heterocycles. The summed E-state index contributed by atoms with van der Waals surface area (Å²) in [6.45, 7) is 1.60. The van der Waals surface area contributed by atoms with E-state index in [1.54, 1.807) is 18.7 Å². The molecule has 0 spiro atoms. The SMILES string of the molecule is COC(=O)[C@H](C)NC(=O)C1CSCN1.Cl. The predicted molar refractivity (Wildman–Crippen MR) is 61.1 cm³/mol. The largest absolute Gasteiger partial charge is 0.467 e. The van der Waals surface area contributed by atoms with Crippen LogP contribution in [0.1, 0.15) is 6.92 Å². The van der Waals surface area contributed by atoms with Crippen LogP contribution < -0.4 is 10.6 Å². The molecule has 0 radical (unpaired) electrons. The average Bonchev–Trinajstić information content (AvgIpc) is 2.69. The summed E-state index contributed by atoms with van der Waals surface area (Å²) < 4.78 is 4.50. The van der Waals surface area contributed by atoms with Crippen LogP contribution in [0.15, 0.2) is 0 Å². The molecular weight excluding hydrogens is 240 g/mol. The Balaban J connectivity index is 0.00000196. The van der Waals surface area contributed by atoms with Crippen molar-refractivity contribution in [1.82, 2.24) is 10.6 Å². The summed E-state index contributed by atoms with van der Waals surface area (Å²) in [6, 6.07) is -0.771. The number of nitrogens with one attached hydrogen (secondary N) is 2. The van der Waals surface area contributed by atoms with Crippen molar-refractivity contribution in [2.45, 2.75) is 19.0 Å². The molecule has 15 heavy (non-hydrogen) atoms. The van der Waals surface area contributed by atoms with Crippen LogP contribution in [0, 0.1) is 0 Å². The van der Waals surface area contributed by atoms with Crippen LogP contribution in [0.4, 0.5) is 0 Å². The van der Waals surface area contributed by atoms with E-state index in [2.05, 4.69) is 15.4 Å². The van der Waals surface area contributed by atoms with Gasteiger partial charge in [-0.05, 0) is 6.92 Å². The van der Waals surface area contributed by atoms with E-state index < -0.39 is 12.0 Å². The fourth-order valence-electron chi connectivity index (χ4n) is 1.11. The first-order valence-corrected chi connectivity index (χ1v) is 5.50. The van der Waals surface area contributed by atoms with Crippen LogP contribution in [0.25, 0.3) is 0 Å². The van der Waals surface area contributed by atoms with E-state index in [0.717, 1.165) is 11.6 Å². The van der Waals surface area contributed by atoms with Gasteiger partial charge in [-0.2, -0.15) is 0 Å². The highest BCUT2D eigenvalue weighted by Gasteiger charge is 2.25. The number of ether oxygens (including phenoxy) is 1. The number of thioether (sulfide) groups is 1. The lowest BCUT2D eigenvalue weighted by Gasteiger charge is -2.14. The monoisotopic (exact) mass is 254 g/mol. The zero-order chi connectivity index (χ0) is 10.6. The fraction of sp³-hybridized carbons (Fsp3) is 0.750. The molecule has 1 saturated heterocycles. The summed E-state index contributed by atoms with van der Waals surface area (Å²) in [5.74, 6) is 0.960. The number of hydrogen-bond acceptors (Lipinski definition) is 5. The van der Waals surface area contributed by atoms with Gasteiger partial charge in [0.2, 0.25) is 5.91 Å². The van der Waals surface area contributed by atoms with E-state index in [1.165, 1.54) is 7.11 Å². The van der Waals surface area contributed by atoms with E-state index in [0.29, 0.717) is 0 Å². The molecule has 0 saturated carbocycles. The van der Waals surface area contributed by atoms with Crippen LogP contribution in [-0.4, -0.2) is 42.7 Å². The predicted octanol–water partition coefficient (Wildman–Crippen LogP) is -0.252. The van der Waals surface area contributed by atoms with Gasteiger partial charge in [-0.3, -0.25) is 10.1 Å². The lowest BCUT2D eigenvalue weighted by atomic mass is 10.2. The molecule has 0 aromatic heterocycles. The Morgan fingerprint density at radius 1 is 1.60 bits per heavy atom. The number of amides is 1.